The molecule has 0 radical (unpaired) electrons. The van der Waals surface area contributed by atoms with Crippen LogP contribution in [0.2, 0.25) is 0 Å². The quantitative estimate of drug-likeness (QED) is 0.147. The van der Waals surface area contributed by atoms with Gasteiger partial charge in [0, 0.05) is 63.7 Å². The van der Waals surface area contributed by atoms with Gasteiger partial charge < -0.3 is 14.7 Å². The fourth-order valence-electron chi connectivity index (χ4n) is 18.1. The van der Waals surface area contributed by atoms with Crippen molar-refractivity contribution in [2.24, 2.45) is 40.4 Å². The van der Waals surface area contributed by atoms with E-state index in [1.165, 1.54) is 174 Å². The molecule has 0 bridgehead atoms. The van der Waals surface area contributed by atoms with Gasteiger partial charge in [-0.2, -0.15) is 0 Å². The highest BCUT2D eigenvalue weighted by Crippen LogP contribution is 2.58. The van der Waals surface area contributed by atoms with E-state index in [1.54, 1.807) is 5.57 Å². The summed E-state index contributed by atoms with van der Waals surface area (Å²) < 4.78 is 0. The van der Waals surface area contributed by atoms with Gasteiger partial charge in [-0.3, -0.25) is 0 Å². The Kier molecular flexibility index (Phi) is 12.6. The van der Waals surface area contributed by atoms with Gasteiger partial charge in [-0.25, -0.2) is 0 Å². The molecule has 3 nitrogen and oxygen atoms in total. The lowest BCUT2D eigenvalue weighted by atomic mass is 9.33. The van der Waals surface area contributed by atoms with E-state index in [9.17, 15) is 0 Å². The van der Waals surface area contributed by atoms with Crippen molar-refractivity contribution in [3.05, 3.63) is 258 Å². The first-order valence-corrected chi connectivity index (χ1v) is 33.4. The van der Waals surface area contributed by atoms with E-state index in [-0.39, 0.29) is 17.5 Å². The van der Waals surface area contributed by atoms with Crippen LogP contribution in [0.1, 0.15) is 105 Å². The lowest BCUT2D eigenvalue weighted by Gasteiger charge is -2.48. The molecule has 3 fully saturated rings. The Bertz CT molecular complexity index is 4270. The Morgan fingerprint density at radius 1 is 0.420 bits per heavy atom. The number of nitrogens with zero attached hydrogens (tertiary/aromatic N) is 3. The van der Waals surface area contributed by atoms with Gasteiger partial charge in [0.2, 0.25) is 0 Å². The topological polar surface area (TPSA) is 9.72 Å². The zero-order valence-corrected chi connectivity index (χ0v) is 52.2. The lowest BCUT2D eigenvalue weighted by Crippen LogP contribution is -2.61. The van der Waals surface area contributed by atoms with Gasteiger partial charge in [-0.05, 0) is 192 Å². The molecule has 6 aliphatic carbocycles. The second-order valence-electron chi connectivity index (χ2n) is 29.3. The Morgan fingerprint density at radius 2 is 0.955 bits per heavy atom. The van der Waals surface area contributed by atoms with E-state index in [0.29, 0.717) is 29.8 Å². The average molecular weight is 1140 g/mol. The molecule has 17 rings (SSSR count). The predicted molar refractivity (Wildman–Crippen MR) is 373 cm³/mol. The highest BCUT2D eigenvalue weighted by atomic mass is 15.3. The summed E-state index contributed by atoms with van der Waals surface area (Å²) in [7, 11) is 0. The summed E-state index contributed by atoms with van der Waals surface area (Å²) in [5.74, 6) is 2.71. The van der Waals surface area contributed by atoms with Crippen molar-refractivity contribution in [1.82, 2.24) is 0 Å². The van der Waals surface area contributed by atoms with Gasteiger partial charge in [0.05, 0.1) is 0 Å². The molecule has 8 aromatic rings. The fourth-order valence-corrected chi connectivity index (χ4v) is 18.1. The molecule has 0 spiro atoms. The monoisotopic (exact) mass is 1140 g/mol. The molecule has 7 unspecified atom stereocenters. The largest absolute Gasteiger partial charge is 0.365 e. The van der Waals surface area contributed by atoms with E-state index in [4.69, 9.17) is 0 Å². The van der Waals surface area contributed by atoms with Crippen LogP contribution in [0.25, 0.3) is 39.0 Å². The normalized spacial score (nSPS) is 23.8. The summed E-state index contributed by atoms with van der Waals surface area (Å²) in [6, 6.07) is 73.7. The third-order valence-electron chi connectivity index (χ3n) is 22.4. The van der Waals surface area contributed by atoms with Gasteiger partial charge in [0.1, 0.15) is 0 Å². The fraction of sp³-hybridized carbons (Fsp3) is 0.286. The van der Waals surface area contributed by atoms with Crippen molar-refractivity contribution in [1.29, 1.82) is 0 Å². The van der Waals surface area contributed by atoms with Crippen molar-refractivity contribution in [3.63, 3.8) is 0 Å². The van der Waals surface area contributed by atoms with Gasteiger partial charge in [-0.1, -0.05) is 249 Å². The third kappa shape index (κ3) is 8.73. The van der Waals surface area contributed by atoms with E-state index in [2.05, 4.69) is 281 Å². The van der Waals surface area contributed by atoms with Crippen LogP contribution in [0, 0.1) is 40.4 Å². The van der Waals surface area contributed by atoms with Crippen LogP contribution in [-0.2, 0) is 0 Å². The minimum Gasteiger partial charge on any atom is -0.365 e. The number of rotatable bonds is 7. The van der Waals surface area contributed by atoms with E-state index in [0.717, 1.165) is 18.3 Å². The molecule has 0 N–H and O–H groups in total. The van der Waals surface area contributed by atoms with Gasteiger partial charge >= 0.3 is 0 Å². The molecule has 434 valence electrons. The maximum absolute atomic E-state index is 3.03. The van der Waals surface area contributed by atoms with Crippen LogP contribution in [0.3, 0.4) is 0 Å². The van der Waals surface area contributed by atoms with Crippen molar-refractivity contribution < 1.29 is 0 Å². The zero-order chi connectivity index (χ0) is 59.2. The number of anilines is 7. The molecule has 9 aliphatic rings. The average Bonchev–Trinajstić information content (AvgIpc) is 0.943. The second-order valence-corrected chi connectivity index (χ2v) is 29.3. The van der Waals surface area contributed by atoms with Crippen molar-refractivity contribution in [2.45, 2.75) is 111 Å². The smallest absolute Gasteiger partial charge is 0.252 e. The molecule has 3 aliphatic heterocycles. The highest BCUT2D eigenvalue weighted by molar-refractivity contribution is 7.00. The zero-order valence-electron chi connectivity index (χ0n) is 52.2. The van der Waals surface area contributed by atoms with Crippen LogP contribution in [-0.4, -0.2) is 18.8 Å². The van der Waals surface area contributed by atoms with Crippen LogP contribution in [0.15, 0.2) is 252 Å². The Labute approximate surface area is 523 Å². The number of hydrogen-bond acceptors (Lipinski definition) is 3. The molecule has 0 amide bonds. The van der Waals surface area contributed by atoms with Crippen molar-refractivity contribution in [2.75, 3.05) is 14.7 Å². The van der Waals surface area contributed by atoms with Crippen LogP contribution < -0.4 is 31.1 Å². The van der Waals surface area contributed by atoms with Crippen LogP contribution in [0.4, 0.5) is 39.8 Å². The summed E-state index contributed by atoms with van der Waals surface area (Å²) in [4.78, 5) is 8.41. The van der Waals surface area contributed by atoms with Gasteiger partial charge in [-0.15, -0.1) is 0 Å². The molecule has 4 heteroatoms. The van der Waals surface area contributed by atoms with Crippen LogP contribution in [0.5, 0.6) is 0 Å². The van der Waals surface area contributed by atoms with E-state index < -0.39 is 0 Å². The first kappa shape index (κ1) is 53.9. The molecule has 3 heterocycles. The summed E-state index contributed by atoms with van der Waals surface area (Å²) >= 11 is 0. The predicted octanol–water partition coefficient (Wildman–Crippen LogP) is 20.1. The molecular formula is C84H80BN3. The molecule has 88 heavy (non-hydrogen) atoms. The first-order chi connectivity index (χ1) is 42.9. The molecular weight excluding hydrogens is 1060 g/mol. The lowest BCUT2D eigenvalue weighted by molar-refractivity contribution is 0.231. The number of hydrogen-bond donors (Lipinski definition) is 0. The minimum atomic E-state index is -0.0573. The maximum Gasteiger partial charge on any atom is 0.252 e. The Hall–Kier alpha value is -8.34. The highest BCUT2D eigenvalue weighted by Gasteiger charge is 2.52. The van der Waals surface area contributed by atoms with Gasteiger partial charge in [0.25, 0.3) is 6.71 Å². The first-order valence-electron chi connectivity index (χ1n) is 33.4. The van der Waals surface area contributed by atoms with Crippen molar-refractivity contribution in [3.8, 4) is 33.4 Å². The Balaban J connectivity index is 0.944. The van der Waals surface area contributed by atoms with E-state index >= 15 is 0 Å². The summed E-state index contributed by atoms with van der Waals surface area (Å²) in [5, 5.41) is 0. The number of allylic oxidation sites excluding steroid dienone is 12. The second kappa shape index (κ2) is 20.6. The summed E-state index contributed by atoms with van der Waals surface area (Å²) in [6.45, 7) is 14.4. The standard InChI is InChI=1S/C84H80BN3/c1-83(2,3)63-44-60-30-31-61-45-64(84(4,5)6)50-71-70(47-62(46-63)80(60)81(61)71)59-37-43-76-73(48-59)85-72-42-36-58(55-24-14-9-15-25-55)49-77(72)87(66-40-34-57(35-41-66)54-22-12-8-13-23-54)79-52-67(88-74-28-18-16-26-68(74)69-27-17-19-29-75(69)88)51-78(82(79)85)86(76)65-38-32-56(33-39-65)53-20-10-7-11-21-53/h7-15,20-25,30-43,45-52,60,68-69,74-75,80-81H,16-19,26-29,44H2,1-6H3. The summed E-state index contributed by atoms with van der Waals surface area (Å²) in [5.41, 5.74) is 30.5. The number of benzene rings is 8. The minimum absolute atomic E-state index is 0.00890. The summed E-state index contributed by atoms with van der Waals surface area (Å²) in [6.07, 6.45) is 27.3. The molecule has 0 aromatic heterocycles. The maximum atomic E-state index is 3.03. The molecule has 8 aromatic carbocycles. The molecule has 2 saturated carbocycles. The van der Waals surface area contributed by atoms with Gasteiger partial charge in [0.15, 0.2) is 0 Å². The van der Waals surface area contributed by atoms with Crippen LogP contribution >= 0.6 is 0 Å². The third-order valence-corrected chi connectivity index (χ3v) is 22.4. The molecule has 1 saturated heterocycles. The Morgan fingerprint density at radius 3 is 1.53 bits per heavy atom. The van der Waals surface area contributed by atoms with Crippen molar-refractivity contribution >= 4 is 68.5 Å². The van der Waals surface area contributed by atoms with E-state index in [1.807, 2.05) is 0 Å². The number of fused-ring (bicyclic) bond motifs is 7. The SMILES string of the molecule is CC(C)(C)C1=CC2=C(c3ccc4c(c3)B3c5ccc(-c6ccccc6)cc5N(c5ccc(-c6ccccc6)cc5)c5cc(N6C7CCCCC7C7CCCCC76)cc(c53)N4c3ccc(-c4ccccc4)cc3)C=C3C=C(C(C)(C)C)CC4C=CC(=C1)C2C34. The molecule has 7 atom stereocenters.